The summed E-state index contributed by atoms with van der Waals surface area (Å²) < 4.78 is 43.1. The molecule has 4 nitrogen and oxygen atoms in total. The van der Waals surface area contributed by atoms with Gasteiger partial charge in [0.15, 0.2) is 5.82 Å². The van der Waals surface area contributed by atoms with E-state index in [1.165, 1.54) is 18.2 Å². The SMILES string of the molecule is Cc1nc(C(N)c2ccccc2C(F)(F)F)no1. The molecule has 0 aliphatic carbocycles. The van der Waals surface area contributed by atoms with E-state index >= 15 is 0 Å². The molecule has 7 heteroatoms. The smallest absolute Gasteiger partial charge is 0.340 e. The predicted octanol–water partition coefficient (Wildman–Crippen LogP) is 2.44. The van der Waals surface area contributed by atoms with Crippen molar-refractivity contribution in [1.82, 2.24) is 10.1 Å². The number of rotatable bonds is 2. The second kappa shape index (κ2) is 4.41. The molecule has 0 fully saturated rings. The summed E-state index contributed by atoms with van der Waals surface area (Å²) in [4.78, 5) is 3.84. The van der Waals surface area contributed by atoms with Crippen LogP contribution in [0.25, 0.3) is 0 Å². The van der Waals surface area contributed by atoms with Crippen molar-refractivity contribution in [2.24, 2.45) is 5.73 Å². The van der Waals surface area contributed by atoms with Crippen LogP contribution in [0, 0.1) is 6.92 Å². The fourth-order valence-corrected chi connectivity index (χ4v) is 1.61. The molecule has 1 aromatic heterocycles. The van der Waals surface area contributed by atoms with Crippen LogP contribution >= 0.6 is 0 Å². The first-order valence-corrected chi connectivity index (χ1v) is 5.11. The third kappa shape index (κ3) is 2.35. The predicted molar refractivity (Wildman–Crippen MR) is 56.5 cm³/mol. The van der Waals surface area contributed by atoms with Crippen molar-refractivity contribution in [3.05, 3.63) is 47.1 Å². The van der Waals surface area contributed by atoms with Crippen LogP contribution in [-0.2, 0) is 6.18 Å². The zero-order valence-electron chi connectivity index (χ0n) is 9.40. The van der Waals surface area contributed by atoms with Gasteiger partial charge in [0.05, 0.1) is 11.6 Å². The number of aromatic nitrogens is 2. The normalized spacial score (nSPS) is 13.6. The van der Waals surface area contributed by atoms with Crippen LogP contribution < -0.4 is 5.73 Å². The standard InChI is InChI=1S/C11H10F3N3O/c1-6-16-10(17-18-6)9(15)7-4-2-3-5-8(7)11(12,13)14/h2-5,9H,15H2,1H3. The highest BCUT2D eigenvalue weighted by Gasteiger charge is 2.35. The lowest BCUT2D eigenvalue weighted by molar-refractivity contribution is -0.138. The van der Waals surface area contributed by atoms with Crippen LogP contribution in [0.15, 0.2) is 28.8 Å². The maximum atomic E-state index is 12.8. The van der Waals surface area contributed by atoms with Gasteiger partial charge in [-0.05, 0) is 11.6 Å². The summed E-state index contributed by atoms with van der Waals surface area (Å²) >= 11 is 0. The van der Waals surface area contributed by atoms with Gasteiger partial charge in [0.2, 0.25) is 5.89 Å². The molecule has 0 saturated carbocycles. The summed E-state index contributed by atoms with van der Waals surface area (Å²) in [5.41, 5.74) is 4.87. The van der Waals surface area contributed by atoms with Crippen LogP contribution in [0.4, 0.5) is 13.2 Å². The Morgan fingerprint density at radius 1 is 1.28 bits per heavy atom. The van der Waals surface area contributed by atoms with E-state index in [0.717, 1.165) is 6.07 Å². The highest BCUT2D eigenvalue weighted by molar-refractivity contribution is 5.35. The van der Waals surface area contributed by atoms with Gasteiger partial charge in [-0.1, -0.05) is 23.4 Å². The van der Waals surface area contributed by atoms with Crippen LogP contribution in [0.1, 0.15) is 28.9 Å². The van der Waals surface area contributed by atoms with Crippen LogP contribution in [0.2, 0.25) is 0 Å². The van der Waals surface area contributed by atoms with Crippen molar-refractivity contribution in [2.45, 2.75) is 19.1 Å². The Labute approximate surface area is 101 Å². The monoisotopic (exact) mass is 257 g/mol. The molecule has 2 rings (SSSR count). The number of nitrogens with two attached hydrogens (primary N) is 1. The molecule has 1 atom stereocenters. The Kier molecular flexibility index (Phi) is 3.08. The molecule has 2 aromatic rings. The van der Waals surface area contributed by atoms with Gasteiger partial charge in [0, 0.05) is 6.92 Å². The highest BCUT2D eigenvalue weighted by atomic mass is 19.4. The van der Waals surface area contributed by atoms with E-state index in [4.69, 9.17) is 10.3 Å². The summed E-state index contributed by atoms with van der Waals surface area (Å²) in [5.74, 6) is 0.286. The van der Waals surface area contributed by atoms with E-state index in [-0.39, 0.29) is 17.3 Å². The number of nitrogens with zero attached hydrogens (tertiary/aromatic N) is 2. The summed E-state index contributed by atoms with van der Waals surface area (Å²) in [7, 11) is 0. The Morgan fingerprint density at radius 2 is 1.94 bits per heavy atom. The molecule has 1 aromatic carbocycles. The second-order valence-electron chi connectivity index (χ2n) is 3.73. The first kappa shape index (κ1) is 12.6. The van der Waals surface area contributed by atoms with Gasteiger partial charge in [-0.25, -0.2) is 0 Å². The van der Waals surface area contributed by atoms with Gasteiger partial charge in [0.25, 0.3) is 0 Å². The first-order chi connectivity index (χ1) is 8.39. The molecule has 0 spiro atoms. The number of alkyl halides is 3. The van der Waals surface area contributed by atoms with Gasteiger partial charge in [-0.3, -0.25) is 0 Å². The minimum Gasteiger partial charge on any atom is -0.340 e. The summed E-state index contributed by atoms with van der Waals surface area (Å²) in [5, 5.41) is 3.54. The lowest BCUT2D eigenvalue weighted by Gasteiger charge is -2.15. The van der Waals surface area contributed by atoms with E-state index in [0.29, 0.717) is 0 Å². The van der Waals surface area contributed by atoms with E-state index in [2.05, 4.69) is 10.1 Å². The fraction of sp³-hybridized carbons (Fsp3) is 0.273. The maximum Gasteiger partial charge on any atom is 0.416 e. The number of hydrogen-bond donors (Lipinski definition) is 1. The lowest BCUT2D eigenvalue weighted by Crippen LogP contribution is -2.19. The average molecular weight is 257 g/mol. The van der Waals surface area contributed by atoms with E-state index in [9.17, 15) is 13.2 Å². The van der Waals surface area contributed by atoms with Crippen LogP contribution in [-0.4, -0.2) is 10.1 Å². The van der Waals surface area contributed by atoms with Gasteiger partial charge >= 0.3 is 6.18 Å². The first-order valence-electron chi connectivity index (χ1n) is 5.11. The van der Waals surface area contributed by atoms with Crippen molar-refractivity contribution in [3.8, 4) is 0 Å². The minimum absolute atomic E-state index is 0.0317. The number of halogens is 3. The molecule has 0 saturated heterocycles. The van der Waals surface area contributed by atoms with Gasteiger partial charge in [-0.15, -0.1) is 0 Å². The lowest BCUT2D eigenvalue weighted by atomic mass is 10.00. The second-order valence-corrected chi connectivity index (χ2v) is 3.73. The van der Waals surface area contributed by atoms with Crippen molar-refractivity contribution < 1.29 is 17.7 Å². The molecular formula is C11H10F3N3O. The highest BCUT2D eigenvalue weighted by Crippen LogP contribution is 2.34. The summed E-state index contributed by atoms with van der Waals surface area (Å²) in [6.07, 6.45) is -4.47. The van der Waals surface area contributed by atoms with Crippen molar-refractivity contribution in [3.63, 3.8) is 0 Å². The number of benzene rings is 1. The molecule has 0 radical (unpaired) electrons. The Bertz CT molecular complexity index is 550. The van der Waals surface area contributed by atoms with Crippen molar-refractivity contribution in [1.29, 1.82) is 0 Å². The Hall–Kier alpha value is -1.89. The molecule has 18 heavy (non-hydrogen) atoms. The third-order valence-electron chi connectivity index (χ3n) is 2.42. The Morgan fingerprint density at radius 3 is 2.50 bits per heavy atom. The maximum absolute atomic E-state index is 12.8. The molecule has 0 aliphatic rings. The van der Waals surface area contributed by atoms with Gasteiger partial charge in [0.1, 0.15) is 0 Å². The Balaban J connectivity index is 2.45. The van der Waals surface area contributed by atoms with Gasteiger partial charge < -0.3 is 10.3 Å². The average Bonchev–Trinajstić information content (AvgIpc) is 2.74. The molecule has 1 heterocycles. The minimum atomic E-state index is -4.47. The van der Waals surface area contributed by atoms with E-state index < -0.39 is 17.8 Å². The van der Waals surface area contributed by atoms with Crippen LogP contribution in [0.5, 0.6) is 0 Å². The molecule has 0 amide bonds. The molecular weight excluding hydrogens is 247 g/mol. The summed E-state index contributed by atoms with van der Waals surface area (Å²) in [6, 6.07) is 4.00. The topological polar surface area (TPSA) is 64.9 Å². The zero-order chi connectivity index (χ0) is 13.3. The quantitative estimate of drug-likeness (QED) is 0.897. The van der Waals surface area contributed by atoms with Crippen molar-refractivity contribution in [2.75, 3.05) is 0 Å². The largest absolute Gasteiger partial charge is 0.416 e. The molecule has 96 valence electrons. The van der Waals surface area contributed by atoms with E-state index in [1.807, 2.05) is 0 Å². The van der Waals surface area contributed by atoms with Crippen molar-refractivity contribution >= 4 is 0 Å². The number of hydrogen-bond acceptors (Lipinski definition) is 4. The summed E-state index contributed by atoms with van der Waals surface area (Å²) in [6.45, 7) is 1.54. The van der Waals surface area contributed by atoms with Crippen LogP contribution in [0.3, 0.4) is 0 Å². The fourth-order valence-electron chi connectivity index (χ4n) is 1.61. The number of aryl methyl sites for hydroxylation is 1. The molecule has 2 N–H and O–H groups in total. The molecule has 0 bridgehead atoms. The van der Waals surface area contributed by atoms with Gasteiger partial charge in [-0.2, -0.15) is 18.2 Å². The molecule has 1 unspecified atom stereocenters. The third-order valence-corrected chi connectivity index (χ3v) is 2.42. The zero-order valence-corrected chi connectivity index (χ0v) is 9.40. The van der Waals surface area contributed by atoms with E-state index in [1.54, 1.807) is 6.92 Å². The molecule has 0 aliphatic heterocycles.